The number of aromatic nitrogens is 2. The second-order valence-corrected chi connectivity index (χ2v) is 7.53. The molecule has 0 radical (unpaired) electrons. The largest absolute Gasteiger partial charge is 0.447 e. The molecule has 0 spiro atoms. The normalized spacial score (nSPS) is 15.6. The molecule has 1 aliphatic heterocycles. The van der Waals surface area contributed by atoms with Crippen LogP contribution < -0.4 is 5.32 Å². The fourth-order valence-corrected chi connectivity index (χ4v) is 3.57. The smallest absolute Gasteiger partial charge is 0.416 e. The lowest BCUT2D eigenvalue weighted by molar-refractivity contribution is -0.129. The highest BCUT2D eigenvalue weighted by Crippen LogP contribution is 2.20. The summed E-state index contributed by atoms with van der Waals surface area (Å²) in [4.78, 5) is 34.7. The van der Waals surface area contributed by atoms with Crippen LogP contribution in [0, 0.1) is 6.92 Å². The summed E-state index contributed by atoms with van der Waals surface area (Å²) in [7, 11) is 0. The number of hydrogen-bond acceptors (Lipinski definition) is 6. The molecule has 31 heavy (non-hydrogen) atoms. The minimum absolute atomic E-state index is 0.209. The summed E-state index contributed by atoms with van der Waals surface area (Å²) in [6.45, 7) is 2.15. The van der Waals surface area contributed by atoms with E-state index in [1.807, 2.05) is 67.6 Å². The van der Waals surface area contributed by atoms with Crippen molar-refractivity contribution in [3.63, 3.8) is 0 Å². The second kappa shape index (κ2) is 9.38. The molecule has 1 fully saturated rings. The quantitative estimate of drug-likeness (QED) is 0.625. The van der Waals surface area contributed by atoms with E-state index in [0.29, 0.717) is 18.8 Å². The number of carbonyl (C=O) groups is 2. The van der Waals surface area contributed by atoms with Crippen LogP contribution in [0.15, 0.2) is 66.9 Å². The molecule has 0 unspecified atom stereocenters. The minimum atomic E-state index is -0.552. The predicted octanol–water partition coefficient (Wildman–Crippen LogP) is 4.05. The standard InChI is InChI=1S/C24H24N4O3/c1-17-13-14-25-23(26-17)27-20-10-7-18(8-11-20)9-12-22(29)28-21(16-31-24(28)30)15-19-5-3-2-4-6-19/h2-8,10-11,13-14,21H,9,12,15-16H2,1H3,(H,25,26,27)/t21-/m1/s1. The van der Waals surface area contributed by atoms with E-state index in [2.05, 4.69) is 15.3 Å². The summed E-state index contributed by atoms with van der Waals surface area (Å²) in [6.07, 6.45) is 2.54. The summed E-state index contributed by atoms with van der Waals surface area (Å²) in [5, 5.41) is 3.16. The first-order valence-electron chi connectivity index (χ1n) is 10.3. The van der Waals surface area contributed by atoms with Gasteiger partial charge in [0.15, 0.2) is 0 Å². The van der Waals surface area contributed by atoms with Crippen molar-refractivity contribution in [3.05, 3.63) is 83.7 Å². The Labute approximate surface area is 181 Å². The lowest BCUT2D eigenvalue weighted by atomic mass is 10.0. The highest BCUT2D eigenvalue weighted by Gasteiger charge is 2.37. The molecule has 2 heterocycles. The average molecular weight is 416 g/mol. The topological polar surface area (TPSA) is 84.4 Å². The van der Waals surface area contributed by atoms with Gasteiger partial charge >= 0.3 is 6.09 Å². The number of amides is 2. The van der Waals surface area contributed by atoms with Crippen molar-refractivity contribution in [2.45, 2.75) is 32.2 Å². The Morgan fingerprint density at radius 1 is 1.10 bits per heavy atom. The third kappa shape index (κ3) is 5.25. The SMILES string of the molecule is Cc1ccnc(Nc2ccc(CCC(=O)N3C(=O)OC[C@H]3Cc3ccccc3)cc2)n1. The summed E-state index contributed by atoms with van der Waals surface area (Å²) < 4.78 is 5.15. The zero-order valence-corrected chi connectivity index (χ0v) is 17.3. The molecule has 0 bridgehead atoms. The van der Waals surface area contributed by atoms with Crippen LogP contribution in [0.5, 0.6) is 0 Å². The summed E-state index contributed by atoms with van der Waals surface area (Å²) in [5.41, 5.74) is 3.84. The van der Waals surface area contributed by atoms with Crippen LogP contribution in [0.2, 0.25) is 0 Å². The zero-order chi connectivity index (χ0) is 21.6. The van der Waals surface area contributed by atoms with E-state index >= 15 is 0 Å². The number of aryl methyl sites for hydroxylation is 2. The second-order valence-electron chi connectivity index (χ2n) is 7.53. The molecule has 158 valence electrons. The fourth-order valence-electron chi connectivity index (χ4n) is 3.57. The number of cyclic esters (lactones) is 1. The van der Waals surface area contributed by atoms with Gasteiger partial charge in [0.25, 0.3) is 0 Å². The molecule has 1 N–H and O–H groups in total. The highest BCUT2D eigenvalue weighted by molar-refractivity contribution is 5.93. The summed E-state index contributed by atoms with van der Waals surface area (Å²) in [5.74, 6) is 0.332. The zero-order valence-electron chi connectivity index (χ0n) is 17.3. The van der Waals surface area contributed by atoms with Gasteiger partial charge in [0.2, 0.25) is 11.9 Å². The highest BCUT2D eigenvalue weighted by atomic mass is 16.6. The van der Waals surface area contributed by atoms with Crippen LogP contribution in [0.3, 0.4) is 0 Å². The molecular formula is C24H24N4O3. The number of ether oxygens (including phenoxy) is 1. The van der Waals surface area contributed by atoms with Crippen LogP contribution in [0.25, 0.3) is 0 Å². The van der Waals surface area contributed by atoms with Crippen molar-refractivity contribution in [1.82, 2.24) is 14.9 Å². The average Bonchev–Trinajstić information content (AvgIpc) is 3.14. The molecule has 3 aromatic rings. The minimum Gasteiger partial charge on any atom is -0.447 e. The maximum Gasteiger partial charge on any atom is 0.416 e. The van der Waals surface area contributed by atoms with Gasteiger partial charge in [0.05, 0.1) is 6.04 Å². The monoisotopic (exact) mass is 416 g/mol. The van der Waals surface area contributed by atoms with Crippen molar-refractivity contribution in [3.8, 4) is 0 Å². The van der Waals surface area contributed by atoms with Gasteiger partial charge in [-0.15, -0.1) is 0 Å². The Balaban J connectivity index is 1.33. The van der Waals surface area contributed by atoms with Gasteiger partial charge in [0, 0.05) is 24.0 Å². The van der Waals surface area contributed by atoms with E-state index in [9.17, 15) is 9.59 Å². The van der Waals surface area contributed by atoms with Crippen molar-refractivity contribution in [2.24, 2.45) is 0 Å². The number of rotatable bonds is 7. The summed E-state index contributed by atoms with van der Waals surface area (Å²) in [6, 6.07) is 19.1. The Bertz CT molecular complexity index is 1050. The number of nitrogens with one attached hydrogen (secondary N) is 1. The lowest BCUT2D eigenvalue weighted by Gasteiger charge is -2.19. The molecule has 1 aliphatic rings. The van der Waals surface area contributed by atoms with Crippen molar-refractivity contribution in [2.75, 3.05) is 11.9 Å². The first kappa shape index (κ1) is 20.5. The maximum atomic E-state index is 12.8. The molecule has 1 saturated heterocycles. The Hall–Kier alpha value is -3.74. The molecule has 1 aromatic heterocycles. The molecule has 7 nitrogen and oxygen atoms in total. The molecular weight excluding hydrogens is 392 g/mol. The predicted molar refractivity (Wildman–Crippen MR) is 117 cm³/mol. The molecule has 7 heteroatoms. The van der Waals surface area contributed by atoms with Gasteiger partial charge in [-0.2, -0.15) is 0 Å². The number of hydrogen-bond donors (Lipinski definition) is 1. The first-order chi connectivity index (χ1) is 15.1. The van der Waals surface area contributed by atoms with E-state index in [4.69, 9.17) is 4.74 Å². The summed E-state index contributed by atoms with van der Waals surface area (Å²) >= 11 is 0. The van der Waals surface area contributed by atoms with Crippen molar-refractivity contribution >= 4 is 23.6 Å². The number of anilines is 2. The molecule has 2 aromatic carbocycles. The van der Waals surface area contributed by atoms with E-state index in [1.54, 1.807) is 6.20 Å². The Morgan fingerprint density at radius 2 is 1.87 bits per heavy atom. The Morgan fingerprint density at radius 3 is 2.61 bits per heavy atom. The van der Waals surface area contributed by atoms with Gasteiger partial charge in [-0.3, -0.25) is 4.79 Å². The van der Waals surface area contributed by atoms with Gasteiger partial charge in [0.1, 0.15) is 6.61 Å². The molecule has 2 amide bonds. The maximum absolute atomic E-state index is 12.8. The van der Waals surface area contributed by atoms with Crippen LogP contribution in [-0.2, 0) is 22.4 Å². The van der Waals surface area contributed by atoms with Crippen LogP contribution >= 0.6 is 0 Å². The number of carbonyl (C=O) groups excluding carboxylic acids is 2. The van der Waals surface area contributed by atoms with Gasteiger partial charge in [-0.25, -0.2) is 19.7 Å². The van der Waals surface area contributed by atoms with Crippen molar-refractivity contribution in [1.29, 1.82) is 0 Å². The van der Waals surface area contributed by atoms with E-state index in [1.165, 1.54) is 4.90 Å². The van der Waals surface area contributed by atoms with Gasteiger partial charge in [-0.1, -0.05) is 42.5 Å². The van der Waals surface area contributed by atoms with E-state index in [-0.39, 0.29) is 25.0 Å². The van der Waals surface area contributed by atoms with Crippen LogP contribution in [0.1, 0.15) is 23.2 Å². The molecule has 0 saturated carbocycles. The molecule has 0 aliphatic carbocycles. The van der Waals surface area contributed by atoms with Crippen LogP contribution in [0.4, 0.5) is 16.4 Å². The van der Waals surface area contributed by atoms with Crippen LogP contribution in [-0.4, -0.2) is 39.5 Å². The number of nitrogens with zero attached hydrogens (tertiary/aromatic N) is 3. The molecule has 1 atom stereocenters. The van der Waals surface area contributed by atoms with Gasteiger partial charge < -0.3 is 10.1 Å². The Kier molecular flexibility index (Phi) is 6.21. The van der Waals surface area contributed by atoms with E-state index in [0.717, 1.165) is 22.5 Å². The van der Waals surface area contributed by atoms with Gasteiger partial charge in [-0.05, 0) is 49.1 Å². The lowest BCUT2D eigenvalue weighted by Crippen LogP contribution is -2.40. The fraction of sp³-hybridized carbons (Fsp3) is 0.250. The number of imide groups is 1. The molecule has 4 rings (SSSR count). The van der Waals surface area contributed by atoms with E-state index < -0.39 is 6.09 Å². The number of benzene rings is 2. The van der Waals surface area contributed by atoms with Crippen molar-refractivity contribution < 1.29 is 14.3 Å². The first-order valence-corrected chi connectivity index (χ1v) is 10.3. The third-order valence-electron chi connectivity index (χ3n) is 5.18. The third-order valence-corrected chi connectivity index (χ3v) is 5.18.